The van der Waals surface area contributed by atoms with Crippen LogP contribution in [0.4, 0.5) is 0 Å². The molecule has 0 saturated heterocycles. The molecule has 0 aromatic carbocycles. The molecular formula is C8H15BrN2O. The summed E-state index contributed by atoms with van der Waals surface area (Å²) in [6.45, 7) is 8.00. The minimum Gasteiger partial charge on any atom is -0.351 e. The summed E-state index contributed by atoms with van der Waals surface area (Å²) in [5, 5.41) is 2.71. The van der Waals surface area contributed by atoms with Gasteiger partial charge in [-0.3, -0.25) is 4.79 Å². The molecule has 0 saturated carbocycles. The van der Waals surface area contributed by atoms with E-state index in [0.717, 1.165) is 4.48 Å². The molecule has 0 rings (SSSR count). The summed E-state index contributed by atoms with van der Waals surface area (Å²) in [5.41, 5.74) is 4.92. The lowest BCUT2D eigenvalue weighted by atomic mass is 9.93. The Labute approximate surface area is 81.5 Å². The van der Waals surface area contributed by atoms with Crippen LogP contribution < -0.4 is 11.1 Å². The fourth-order valence-electron chi connectivity index (χ4n) is 0.508. The second-order valence-corrected chi connectivity index (χ2v) is 4.41. The summed E-state index contributed by atoms with van der Waals surface area (Å²) in [7, 11) is 0. The van der Waals surface area contributed by atoms with Gasteiger partial charge in [0.1, 0.15) is 0 Å². The number of nitrogens with two attached hydrogens (primary N) is 1. The van der Waals surface area contributed by atoms with Gasteiger partial charge in [-0.25, -0.2) is 0 Å². The Morgan fingerprint density at radius 3 is 2.50 bits per heavy atom. The third-order valence-corrected chi connectivity index (χ3v) is 1.85. The van der Waals surface area contributed by atoms with Crippen LogP contribution in [0, 0.1) is 5.41 Å². The standard InChI is InChI=1S/C8H15BrN2O/c1-6(9)4-11-7(12)8(2,3)5-10/h1,4-5,10H2,2-3H3,(H,11,12). The minimum atomic E-state index is -0.498. The van der Waals surface area contributed by atoms with E-state index in [1.807, 2.05) is 0 Å². The Morgan fingerprint density at radius 1 is 1.67 bits per heavy atom. The van der Waals surface area contributed by atoms with Crippen LogP contribution in [-0.4, -0.2) is 19.0 Å². The van der Waals surface area contributed by atoms with Gasteiger partial charge in [-0.05, 0) is 13.8 Å². The highest BCUT2D eigenvalue weighted by Gasteiger charge is 2.24. The lowest BCUT2D eigenvalue weighted by Gasteiger charge is -2.20. The van der Waals surface area contributed by atoms with E-state index < -0.39 is 5.41 Å². The molecule has 0 unspecified atom stereocenters. The summed E-state index contributed by atoms with van der Waals surface area (Å²) in [4.78, 5) is 11.3. The van der Waals surface area contributed by atoms with E-state index in [0.29, 0.717) is 13.1 Å². The Kier molecular flexibility index (Phi) is 4.49. The van der Waals surface area contributed by atoms with Gasteiger partial charge in [-0.1, -0.05) is 22.5 Å². The molecule has 0 radical (unpaired) electrons. The van der Waals surface area contributed by atoms with Gasteiger partial charge in [0, 0.05) is 17.6 Å². The normalized spacial score (nSPS) is 11.0. The first kappa shape index (κ1) is 11.6. The van der Waals surface area contributed by atoms with E-state index in [4.69, 9.17) is 5.73 Å². The monoisotopic (exact) mass is 234 g/mol. The lowest BCUT2D eigenvalue weighted by Crippen LogP contribution is -2.42. The number of carbonyl (C=O) groups is 1. The van der Waals surface area contributed by atoms with E-state index in [2.05, 4.69) is 27.8 Å². The fourth-order valence-corrected chi connectivity index (χ4v) is 0.648. The van der Waals surface area contributed by atoms with Gasteiger partial charge in [0.15, 0.2) is 0 Å². The van der Waals surface area contributed by atoms with Crippen molar-refractivity contribution in [1.29, 1.82) is 0 Å². The molecule has 0 aromatic heterocycles. The molecule has 3 N–H and O–H groups in total. The van der Waals surface area contributed by atoms with Gasteiger partial charge < -0.3 is 11.1 Å². The predicted molar refractivity (Wildman–Crippen MR) is 53.9 cm³/mol. The van der Waals surface area contributed by atoms with E-state index in [9.17, 15) is 4.79 Å². The second-order valence-electron chi connectivity index (χ2n) is 3.29. The molecule has 3 nitrogen and oxygen atoms in total. The maximum atomic E-state index is 11.3. The zero-order valence-electron chi connectivity index (χ0n) is 7.48. The predicted octanol–water partition coefficient (Wildman–Crippen LogP) is 0.996. The maximum absolute atomic E-state index is 11.3. The van der Waals surface area contributed by atoms with Crippen molar-refractivity contribution < 1.29 is 4.79 Å². The van der Waals surface area contributed by atoms with Crippen LogP contribution in [-0.2, 0) is 4.79 Å². The van der Waals surface area contributed by atoms with Crippen LogP contribution in [0.3, 0.4) is 0 Å². The number of rotatable bonds is 4. The third kappa shape index (κ3) is 3.88. The molecule has 0 aromatic rings. The molecule has 0 aliphatic rings. The zero-order chi connectivity index (χ0) is 9.78. The Balaban J connectivity index is 3.96. The number of carbonyl (C=O) groups excluding carboxylic acids is 1. The van der Waals surface area contributed by atoms with Gasteiger partial charge >= 0.3 is 0 Å². The highest BCUT2D eigenvalue weighted by Crippen LogP contribution is 2.12. The van der Waals surface area contributed by atoms with Gasteiger partial charge in [-0.2, -0.15) is 0 Å². The Morgan fingerprint density at radius 2 is 2.17 bits per heavy atom. The van der Waals surface area contributed by atoms with Crippen molar-refractivity contribution in [3.63, 3.8) is 0 Å². The zero-order valence-corrected chi connectivity index (χ0v) is 9.07. The molecular weight excluding hydrogens is 220 g/mol. The third-order valence-electron chi connectivity index (χ3n) is 1.57. The van der Waals surface area contributed by atoms with Crippen molar-refractivity contribution in [2.45, 2.75) is 13.8 Å². The molecule has 0 aliphatic carbocycles. The Hall–Kier alpha value is -0.350. The van der Waals surface area contributed by atoms with Crippen LogP contribution in [0.1, 0.15) is 13.8 Å². The van der Waals surface area contributed by atoms with Gasteiger partial charge in [-0.15, -0.1) is 0 Å². The summed E-state index contributed by atoms with van der Waals surface area (Å²) in [6.07, 6.45) is 0. The van der Waals surface area contributed by atoms with Crippen molar-refractivity contribution in [3.05, 3.63) is 11.1 Å². The number of hydrogen-bond acceptors (Lipinski definition) is 2. The van der Waals surface area contributed by atoms with Gasteiger partial charge in [0.2, 0.25) is 5.91 Å². The number of amides is 1. The van der Waals surface area contributed by atoms with Crippen molar-refractivity contribution in [3.8, 4) is 0 Å². The van der Waals surface area contributed by atoms with Crippen LogP contribution in [0.25, 0.3) is 0 Å². The number of hydrogen-bond donors (Lipinski definition) is 2. The smallest absolute Gasteiger partial charge is 0.227 e. The molecule has 0 aliphatic heterocycles. The summed E-state index contributed by atoms with van der Waals surface area (Å²) < 4.78 is 0.753. The molecule has 12 heavy (non-hydrogen) atoms. The molecule has 4 heteroatoms. The van der Waals surface area contributed by atoms with Crippen LogP contribution in [0.5, 0.6) is 0 Å². The second kappa shape index (κ2) is 4.62. The van der Waals surface area contributed by atoms with E-state index in [1.165, 1.54) is 0 Å². The minimum absolute atomic E-state index is 0.0504. The topological polar surface area (TPSA) is 55.1 Å². The average molecular weight is 235 g/mol. The molecule has 70 valence electrons. The maximum Gasteiger partial charge on any atom is 0.227 e. The number of halogens is 1. The van der Waals surface area contributed by atoms with Crippen LogP contribution in [0.2, 0.25) is 0 Å². The molecule has 0 spiro atoms. The number of nitrogens with one attached hydrogen (secondary N) is 1. The van der Waals surface area contributed by atoms with Gasteiger partial charge in [0.25, 0.3) is 0 Å². The van der Waals surface area contributed by atoms with Crippen molar-refractivity contribution in [1.82, 2.24) is 5.32 Å². The molecule has 0 fully saturated rings. The average Bonchev–Trinajstić information content (AvgIpc) is 2.00. The van der Waals surface area contributed by atoms with E-state index >= 15 is 0 Å². The van der Waals surface area contributed by atoms with Crippen LogP contribution >= 0.6 is 15.9 Å². The SMILES string of the molecule is C=C(Br)CNC(=O)C(C)(C)CN. The first-order valence-corrected chi connectivity index (χ1v) is 4.51. The summed E-state index contributed by atoms with van der Waals surface area (Å²) in [6, 6.07) is 0. The van der Waals surface area contributed by atoms with Crippen molar-refractivity contribution in [2.75, 3.05) is 13.1 Å². The first-order chi connectivity index (χ1) is 5.40. The quantitative estimate of drug-likeness (QED) is 0.763. The van der Waals surface area contributed by atoms with Gasteiger partial charge in [0.05, 0.1) is 5.41 Å². The summed E-state index contributed by atoms with van der Waals surface area (Å²) in [5.74, 6) is -0.0504. The van der Waals surface area contributed by atoms with E-state index in [-0.39, 0.29) is 5.91 Å². The van der Waals surface area contributed by atoms with Crippen molar-refractivity contribution >= 4 is 21.8 Å². The molecule has 0 atom stereocenters. The Bertz CT molecular complexity index is 189. The highest BCUT2D eigenvalue weighted by molar-refractivity contribution is 9.11. The van der Waals surface area contributed by atoms with Crippen molar-refractivity contribution in [2.24, 2.45) is 11.1 Å². The molecule has 1 amide bonds. The van der Waals surface area contributed by atoms with E-state index in [1.54, 1.807) is 13.8 Å². The molecule has 0 heterocycles. The van der Waals surface area contributed by atoms with Crippen LogP contribution in [0.15, 0.2) is 11.1 Å². The first-order valence-electron chi connectivity index (χ1n) is 3.72. The lowest BCUT2D eigenvalue weighted by molar-refractivity contribution is -0.128. The fraction of sp³-hybridized carbons (Fsp3) is 0.625. The summed E-state index contributed by atoms with van der Waals surface area (Å²) >= 11 is 3.15. The largest absolute Gasteiger partial charge is 0.351 e. The highest BCUT2D eigenvalue weighted by atomic mass is 79.9. The molecule has 0 bridgehead atoms.